The average molecular weight is 376 g/mol. The molecule has 1 aromatic rings. The number of fused-ring (bicyclic) bond motifs is 1. The van der Waals surface area contributed by atoms with Gasteiger partial charge in [-0.25, -0.2) is 4.79 Å². The number of nitrogens with one attached hydrogen (secondary N) is 1. The molecule has 1 unspecified atom stereocenters. The molecule has 0 bridgehead atoms. The van der Waals surface area contributed by atoms with E-state index in [1.165, 1.54) is 0 Å². The number of carbonyl (C=O) groups excluding carboxylic acids is 1. The maximum atomic E-state index is 12.8. The number of nitrogens with zero attached hydrogens (tertiary/aromatic N) is 1. The smallest absolute Gasteiger partial charge is 0.318 e. The predicted octanol–water partition coefficient (Wildman–Crippen LogP) is 2.67. The Hall–Kier alpha value is -2.28. The highest BCUT2D eigenvalue weighted by molar-refractivity contribution is 5.80. The van der Waals surface area contributed by atoms with Crippen molar-refractivity contribution in [3.8, 4) is 5.75 Å². The van der Waals surface area contributed by atoms with Crippen molar-refractivity contribution in [3.63, 3.8) is 0 Å². The fraction of sp³-hybridized carbons (Fsp3) is 0.600. The number of methoxy groups -OCH3 is 1. The molecule has 2 aliphatic rings. The summed E-state index contributed by atoms with van der Waals surface area (Å²) in [5, 5.41) is 12.7. The molecule has 1 saturated carbocycles. The van der Waals surface area contributed by atoms with E-state index in [1.54, 1.807) is 12.0 Å². The van der Waals surface area contributed by atoms with E-state index >= 15 is 0 Å². The number of ether oxygens (including phenoxy) is 2. The van der Waals surface area contributed by atoms with Crippen LogP contribution >= 0.6 is 0 Å². The standard InChI is InChI=1S/C20H28N2O5/c1-3-27-16-8-6-14(7-9-16)17(12-26-2)21-19(25)22-11-15-5-4-10-20(15,13-22)18(23)24/h6-9,15,17H,3-5,10-13H2,1-2H3,(H,21,25)(H,23,24)/t15-,17?,20+/m0/s1. The minimum atomic E-state index is -0.778. The minimum absolute atomic E-state index is 0.0482. The van der Waals surface area contributed by atoms with Crippen LogP contribution in [0, 0.1) is 11.3 Å². The molecule has 1 heterocycles. The van der Waals surface area contributed by atoms with Crippen LogP contribution in [-0.4, -0.2) is 55.4 Å². The molecule has 27 heavy (non-hydrogen) atoms. The number of hydrogen-bond acceptors (Lipinski definition) is 4. The molecule has 7 heteroatoms. The molecule has 148 valence electrons. The van der Waals surface area contributed by atoms with Crippen LogP contribution in [0.3, 0.4) is 0 Å². The van der Waals surface area contributed by atoms with Crippen LogP contribution in [0.5, 0.6) is 5.75 Å². The van der Waals surface area contributed by atoms with Crippen molar-refractivity contribution in [2.24, 2.45) is 11.3 Å². The molecule has 2 amide bonds. The summed E-state index contributed by atoms with van der Waals surface area (Å²) in [5.41, 5.74) is 0.147. The lowest BCUT2D eigenvalue weighted by atomic mass is 9.81. The zero-order valence-electron chi connectivity index (χ0n) is 15.9. The van der Waals surface area contributed by atoms with Crippen molar-refractivity contribution in [3.05, 3.63) is 29.8 Å². The van der Waals surface area contributed by atoms with Crippen LogP contribution in [0.2, 0.25) is 0 Å². The first kappa shape index (κ1) is 19.5. The molecule has 0 aromatic heterocycles. The van der Waals surface area contributed by atoms with Crippen LogP contribution in [0.4, 0.5) is 4.79 Å². The van der Waals surface area contributed by atoms with Gasteiger partial charge in [0.15, 0.2) is 0 Å². The number of amides is 2. The number of likely N-dealkylation sites (tertiary alicyclic amines) is 1. The Morgan fingerprint density at radius 1 is 1.37 bits per heavy atom. The van der Waals surface area contributed by atoms with Crippen molar-refractivity contribution in [2.75, 3.05) is 33.4 Å². The number of carboxylic acids is 1. The van der Waals surface area contributed by atoms with Gasteiger partial charge in [-0.05, 0) is 43.4 Å². The van der Waals surface area contributed by atoms with E-state index in [0.29, 0.717) is 26.2 Å². The molecule has 2 fully saturated rings. The maximum Gasteiger partial charge on any atom is 0.318 e. The summed E-state index contributed by atoms with van der Waals surface area (Å²) in [6.07, 6.45) is 2.44. The highest BCUT2D eigenvalue weighted by atomic mass is 16.5. The SMILES string of the molecule is CCOc1ccc(C(COC)NC(=O)N2C[C@@H]3CCC[C@@]3(C(=O)O)C2)cc1. The fourth-order valence-corrected chi connectivity index (χ4v) is 4.38. The number of rotatable bonds is 7. The molecule has 2 N–H and O–H groups in total. The van der Waals surface area contributed by atoms with Gasteiger partial charge in [0, 0.05) is 20.2 Å². The van der Waals surface area contributed by atoms with Crippen LogP contribution in [0.15, 0.2) is 24.3 Å². The Morgan fingerprint density at radius 2 is 2.11 bits per heavy atom. The average Bonchev–Trinajstić information content (AvgIpc) is 3.21. The van der Waals surface area contributed by atoms with Gasteiger partial charge in [-0.3, -0.25) is 4.79 Å². The molecular formula is C20H28N2O5. The van der Waals surface area contributed by atoms with Gasteiger partial charge >= 0.3 is 12.0 Å². The van der Waals surface area contributed by atoms with Crippen molar-refractivity contribution in [2.45, 2.75) is 32.2 Å². The zero-order chi connectivity index (χ0) is 19.4. The topological polar surface area (TPSA) is 88.1 Å². The second-order valence-corrected chi connectivity index (χ2v) is 7.39. The summed E-state index contributed by atoms with van der Waals surface area (Å²) in [4.78, 5) is 26.3. The lowest BCUT2D eigenvalue weighted by Gasteiger charge is -2.25. The van der Waals surface area contributed by atoms with Crippen LogP contribution < -0.4 is 10.1 Å². The second kappa shape index (κ2) is 8.17. The Morgan fingerprint density at radius 3 is 2.70 bits per heavy atom. The second-order valence-electron chi connectivity index (χ2n) is 7.39. The van der Waals surface area contributed by atoms with E-state index in [-0.39, 0.29) is 24.5 Å². The van der Waals surface area contributed by atoms with Crippen molar-refractivity contribution >= 4 is 12.0 Å². The predicted molar refractivity (Wildman–Crippen MR) is 99.7 cm³/mol. The zero-order valence-corrected chi connectivity index (χ0v) is 15.9. The molecule has 3 atom stereocenters. The van der Waals surface area contributed by atoms with E-state index in [9.17, 15) is 14.7 Å². The van der Waals surface area contributed by atoms with Gasteiger partial charge in [-0.2, -0.15) is 0 Å². The first-order valence-electron chi connectivity index (χ1n) is 9.50. The molecule has 1 aromatic carbocycles. The Bertz CT molecular complexity index is 677. The Labute approximate surface area is 159 Å². The molecular weight excluding hydrogens is 348 g/mol. The third kappa shape index (κ3) is 3.88. The Kier molecular flexibility index (Phi) is 5.89. The number of aliphatic carboxylic acids is 1. The van der Waals surface area contributed by atoms with Gasteiger partial charge in [0.25, 0.3) is 0 Å². The number of benzene rings is 1. The van der Waals surface area contributed by atoms with E-state index < -0.39 is 11.4 Å². The summed E-state index contributed by atoms with van der Waals surface area (Å²) >= 11 is 0. The lowest BCUT2D eigenvalue weighted by Crippen LogP contribution is -2.43. The summed E-state index contributed by atoms with van der Waals surface area (Å²) in [7, 11) is 1.59. The van der Waals surface area contributed by atoms with Crippen molar-refractivity contribution in [1.82, 2.24) is 10.2 Å². The number of carboxylic acid groups (broad SMARTS) is 1. The summed E-state index contributed by atoms with van der Waals surface area (Å²) in [6, 6.07) is 7.01. The van der Waals surface area contributed by atoms with Crippen LogP contribution in [0.25, 0.3) is 0 Å². The van der Waals surface area contributed by atoms with Gasteiger partial charge in [0.2, 0.25) is 0 Å². The number of carbonyl (C=O) groups is 2. The van der Waals surface area contributed by atoms with Gasteiger partial charge < -0.3 is 24.8 Å². The largest absolute Gasteiger partial charge is 0.494 e. The van der Waals surface area contributed by atoms with Crippen molar-refractivity contribution in [1.29, 1.82) is 0 Å². The molecule has 7 nitrogen and oxygen atoms in total. The third-order valence-electron chi connectivity index (χ3n) is 5.81. The normalized spacial score (nSPS) is 25.1. The van der Waals surface area contributed by atoms with Gasteiger partial charge in [-0.15, -0.1) is 0 Å². The summed E-state index contributed by atoms with van der Waals surface area (Å²) < 4.78 is 10.7. The van der Waals surface area contributed by atoms with E-state index in [4.69, 9.17) is 9.47 Å². The number of hydrogen-bond donors (Lipinski definition) is 2. The molecule has 1 aliphatic heterocycles. The highest BCUT2D eigenvalue weighted by Crippen LogP contribution is 2.48. The summed E-state index contributed by atoms with van der Waals surface area (Å²) in [6.45, 7) is 3.64. The molecule has 0 spiro atoms. The van der Waals surface area contributed by atoms with E-state index in [0.717, 1.165) is 24.2 Å². The first-order chi connectivity index (χ1) is 13.0. The molecule has 1 saturated heterocycles. The fourth-order valence-electron chi connectivity index (χ4n) is 4.38. The number of urea groups is 1. The lowest BCUT2D eigenvalue weighted by molar-refractivity contribution is -0.149. The van der Waals surface area contributed by atoms with Gasteiger partial charge in [0.05, 0.1) is 24.7 Å². The van der Waals surface area contributed by atoms with Crippen LogP contribution in [0.1, 0.15) is 37.8 Å². The highest BCUT2D eigenvalue weighted by Gasteiger charge is 2.55. The van der Waals surface area contributed by atoms with E-state index in [1.807, 2.05) is 31.2 Å². The molecule has 1 aliphatic carbocycles. The molecule has 3 rings (SSSR count). The van der Waals surface area contributed by atoms with Gasteiger partial charge in [0.1, 0.15) is 5.75 Å². The van der Waals surface area contributed by atoms with Crippen LogP contribution in [-0.2, 0) is 9.53 Å². The Balaban J connectivity index is 1.68. The summed E-state index contributed by atoms with van der Waals surface area (Å²) in [5.74, 6) is 0.0480. The minimum Gasteiger partial charge on any atom is -0.494 e. The first-order valence-corrected chi connectivity index (χ1v) is 9.50. The molecule has 0 radical (unpaired) electrons. The third-order valence-corrected chi connectivity index (χ3v) is 5.81. The van der Waals surface area contributed by atoms with Gasteiger partial charge in [-0.1, -0.05) is 18.6 Å². The van der Waals surface area contributed by atoms with E-state index in [2.05, 4.69) is 5.32 Å². The quantitative estimate of drug-likeness (QED) is 0.764. The van der Waals surface area contributed by atoms with Crippen molar-refractivity contribution < 1.29 is 24.2 Å². The maximum absolute atomic E-state index is 12.8. The monoisotopic (exact) mass is 376 g/mol.